The van der Waals surface area contributed by atoms with Crippen molar-refractivity contribution in [3.8, 4) is 0 Å². The van der Waals surface area contributed by atoms with Crippen LogP contribution in [0.5, 0.6) is 0 Å². The van der Waals surface area contributed by atoms with E-state index in [0.29, 0.717) is 12.6 Å². The van der Waals surface area contributed by atoms with Crippen LogP contribution in [0.4, 0.5) is 5.82 Å². The van der Waals surface area contributed by atoms with Crippen LogP contribution in [0.3, 0.4) is 0 Å². The van der Waals surface area contributed by atoms with Gasteiger partial charge < -0.3 is 10.6 Å². The molecular formula is C18H33N3. The van der Waals surface area contributed by atoms with Crippen molar-refractivity contribution in [3.63, 3.8) is 0 Å². The Bertz CT molecular complexity index is 435. The molecule has 1 unspecified atom stereocenters. The Morgan fingerprint density at radius 3 is 2.38 bits per heavy atom. The molecule has 0 amide bonds. The molecule has 3 nitrogen and oxygen atoms in total. The van der Waals surface area contributed by atoms with E-state index in [2.05, 4.69) is 58.6 Å². The molecule has 2 N–H and O–H groups in total. The van der Waals surface area contributed by atoms with Crippen LogP contribution in [-0.2, 0) is 12.0 Å². The molecule has 1 rings (SSSR count). The van der Waals surface area contributed by atoms with Gasteiger partial charge in [-0.1, -0.05) is 41.0 Å². The zero-order chi connectivity index (χ0) is 16.0. The Morgan fingerprint density at radius 1 is 1.24 bits per heavy atom. The van der Waals surface area contributed by atoms with E-state index in [4.69, 9.17) is 10.7 Å². The minimum atomic E-state index is 0.0474. The second-order valence-electron chi connectivity index (χ2n) is 6.98. The van der Waals surface area contributed by atoms with Crippen molar-refractivity contribution in [2.75, 3.05) is 11.4 Å². The van der Waals surface area contributed by atoms with Gasteiger partial charge in [0.15, 0.2) is 0 Å². The first-order chi connectivity index (χ1) is 9.83. The highest BCUT2D eigenvalue weighted by Gasteiger charge is 2.20. The Balaban J connectivity index is 3.22. The maximum Gasteiger partial charge on any atom is 0.129 e. The fourth-order valence-electron chi connectivity index (χ4n) is 2.33. The third kappa shape index (κ3) is 4.99. The summed E-state index contributed by atoms with van der Waals surface area (Å²) in [6, 6.07) is 4.82. The normalized spacial score (nSPS) is 13.3. The van der Waals surface area contributed by atoms with Crippen LogP contribution < -0.4 is 10.6 Å². The summed E-state index contributed by atoms with van der Waals surface area (Å²) in [7, 11) is 0. The smallest absolute Gasteiger partial charge is 0.129 e. The third-order valence-corrected chi connectivity index (χ3v) is 4.05. The highest BCUT2D eigenvalue weighted by atomic mass is 15.2. The summed E-state index contributed by atoms with van der Waals surface area (Å²) in [6.45, 7) is 15.0. The first-order valence-corrected chi connectivity index (χ1v) is 8.31. The molecule has 0 saturated carbocycles. The lowest BCUT2D eigenvalue weighted by molar-refractivity contribution is 0.555. The minimum absolute atomic E-state index is 0.0474. The van der Waals surface area contributed by atoms with Crippen LogP contribution in [0.25, 0.3) is 0 Å². The lowest BCUT2D eigenvalue weighted by Gasteiger charge is -2.31. The fourth-order valence-corrected chi connectivity index (χ4v) is 2.33. The monoisotopic (exact) mass is 291 g/mol. The lowest BCUT2D eigenvalue weighted by atomic mass is 9.90. The molecule has 0 bridgehead atoms. The summed E-state index contributed by atoms with van der Waals surface area (Å²) in [5.74, 6) is 1.09. The number of nitrogens with zero attached hydrogens (tertiary/aromatic N) is 2. The molecule has 0 radical (unpaired) electrons. The quantitative estimate of drug-likeness (QED) is 0.817. The maximum absolute atomic E-state index is 5.89. The summed E-state index contributed by atoms with van der Waals surface area (Å²) in [5.41, 5.74) is 8.25. The van der Waals surface area contributed by atoms with Gasteiger partial charge in [0.2, 0.25) is 0 Å². The molecule has 1 aromatic heterocycles. The molecular weight excluding hydrogens is 258 g/mol. The van der Waals surface area contributed by atoms with Gasteiger partial charge >= 0.3 is 0 Å². The van der Waals surface area contributed by atoms with Crippen LogP contribution in [0.2, 0.25) is 0 Å². The van der Waals surface area contributed by atoms with E-state index in [-0.39, 0.29) is 5.41 Å². The number of unbranched alkanes of at least 4 members (excludes halogenated alkanes) is 1. The Labute approximate surface area is 130 Å². The van der Waals surface area contributed by atoms with Gasteiger partial charge in [0.1, 0.15) is 5.82 Å². The average Bonchev–Trinajstić information content (AvgIpc) is 2.46. The molecule has 0 aliphatic rings. The first kappa shape index (κ1) is 18.0. The number of rotatable bonds is 7. The maximum atomic E-state index is 5.89. The van der Waals surface area contributed by atoms with E-state index < -0.39 is 0 Å². The highest BCUT2D eigenvalue weighted by molar-refractivity contribution is 5.45. The Hall–Kier alpha value is -1.09. The van der Waals surface area contributed by atoms with E-state index in [0.717, 1.165) is 24.5 Å². The molecule has 3 heteroatoms. The predicted octanol–water partition coefficient (Wildman–Crippen LogP) is 4.24. The van der Waals surface area contributed by atoms with Gasteiger partial charge in [-0.15, -0.1) is 0 Å². The van der Waals surface area contributed by atoms with Gasteiger partial charge in [-0.2, -0.15) is 0 Å². The van der Waals surface area contributed by atoms with Crippen molar-refractivity contribution in [2.24, 2.45) is 5.73 Å². The number of nitrogens with two attached hydrogens (primary N) is 1. The second kappa shape index (κ2) is 7.79. The number of pyridine rings is 1. The SMILES string of the molecule is CCCCN(c1cc(CN)cc(C(C)(C)C)n1)C(C)CC. The fraction of sp³-hybridized carbons (Fsp3) is 0.722. The summed E-state index contributed by atoms with van der Waals surface area (Å²) in [5, 5.41) is 0. The van der Waals surface area contributed by atoms with E-state index in [1.807, 2.05) is 0 Å². The standard InChI is InChI=1S/C18H33N3/c1-7-9-10-21(14(3)8-2)17-12-15(13-19)11-16(20-17)18(4,5)6/h11-12,14H,7-10,13,19H2,1-6H3. The van der Waals surface area contributed by atoms with Crippen LogP contribution in [0.1, 0.15) is 72.1 Å². The van der Waals surface area contributed by atoms with E-state index in [9.17, 15) is 0 Å². The van der Waals surface area contributed by atoms with E-state index >= 15 is 0 Å². The molecule has 0 spiro atoms. The van der Waals surface area contributed by atoms with Gasteiger partial charge in [0, 0.05) is 30.2 Å². The predicted molar refractivity (Wildman–Crippen MR) is 92.8 cm³/mol. The van der Waals surface area contributed by atoms with Crippen LogP contribution in [0.15, 0.2) is 12.1 Å². The molecule has 0 aliphatic heterocycles. The topological polar surface area (TPSA) is 42.1 Å². The molecule has 0 fully saturated rings. The van der Waals surface area contributed by atoms with E-state index in [1.54, 1.807) is 0 Å². The zero-order valence-corrected chi connectivity index (χ0v) is 14.7. The number of anilines is 1. The van der Waals surface area contributed by atoms with Crippen LogP contribution in [0, 0.1) is 0 Å². The van der Waals surface area contributed by atoms with Gasteiger partial charge in [-0.3, -0.25) is 0 Å². The molecule has 0 aliphatic carbocycles. The van der Waals surface area contributed by atoms with Crippen molar-refractivity contribution in [1.82, 2.24) is 4.98 Å². The van der Waals surface area contributed by atoms with Crippen molar-refractivity contribution < 1.29 is 0 Å². The van der Waals surface area contributed by atoms with Gasteiger partial charge in [-0.25, -0.2) is 4.98 Å². The van der Waals surface area contributed by atoms with Crippen LogP contribution >= 0.6 is 0 Å². The molecule has 120 valence electrons. The first-order valence-electron chi connectivity index (χ1n) is 8.31. The Morgan fingerprint density at radius 2 is 1.90 bits per heavy atom. The van der Waals surface area contributed by atoms with Crippen molar-refractivity contribution in [2.45, 2.75) is 78.8 Å². The van der Waals surface area contributed by atoms with Gasteiger partial charge in [-0.05, 0) is 37.5 Å². The molecule has 0 saturated heterocycles. The molecule has 0 aromatic carbocycles. The highest BCUT2D eigenvalue weighted by Crippen LogP contribution is 2.26. The zero-order valence-electron chi connectivity index (χ0n) is 14.7. The summed E-state index contributed by atoms with van der Waals surface area (Å²) < 4.78 is 0. The number of hydrogen-bond donors (Lipinski definition) is 1. The second-order valence-corrected chi connectivity index (χ2v) is 6.98. The van der Waals surface area contributed by atoms with Gasteiger partial charge in [0.25, 0.3) is 0 Å². The number of aromatic nitrogens is 1. The number of hydrogen-bond acceptors (Lipinski definition) is 3. The summed E-state index contributed by atoms with van der Waals surface area (Å²) >= 11 is 0. The minimum Gasteiger partial charge on any atom is -0.354 e. The van der Waals surface area contributed by atoms with Crippen molar-refractivity contribution >= 4 is 5.82 Å². The lowest BCUT2D eigenvalue weighted by Crippen LogP contribution is -2.35. The summed E-state index contributed by atoms with van der Waals surface area (Å²) in [4.78, 5) is 7.39. The molecule has 1 heterocycles. The molecule has 21 heavy (non-hydrogen) atoms. The van der Waals surface area contributed by atoms with Gasteiger partial charge in [0.05, 0.1) is 0 Å². The average molecular weight is 291 g/mol. The van der Waals surface area contributed by atoms with E-state index in [1.165, 1.54) is 18.4 Å². The van der Waals surface area contributed by atoms with Crippen molar-refractivity contribution in [3.05, 3.63) is 23.4 Å². The molecule has 1 atom stereocenters. The Kier molecular flexibility index (Phi) is 6.66. The largest absolute Gasteiger partial charge is 0.354 e. The van der Waals surface area contributed by atoms with Crippen LogP contribution in [-0.4, -0.2) is 17.6 Å². The third-order valence-electron chi connectivity index (χ3n) is 4.05. The van der Waals surface area contributed by atoms with Crippen molar-refractivity contribution in [1.29, 1.82) is 0 Å². The molecule has 1 aromatic rings. The summed E-state index contributed by atoms with van der Waals surface area (Å²) in [6.07, 6.45) is 3.53.